The number of aromatic nitrogens is 1. The van der Waals surface area contributed by atoms with E-state index in [9.17, 15) is 9.59 Å². The van der Waals surface area contributed by atoms with E-state index in [1.807, 2.05) is 28.8 Å². The monoisotopic (exact) mass is 303 g/mol. The van der Waals surface area contributed by atoms with E-state index < -0.39 is 5.97 Å². The van der Waals surface area contributed by atoms with Crippen molar-refractivity contribution in [3.63, 3.8) is 0 Å². The first-order valence-corrected chi connectivity index (χ1v) is 7.27. The van der Waals surface area contributed by atoms with Gasteiger partial charge in [-0.25, -0.2) is 9.59 Å². The number of thiophene rings is 1. The van der Waals surface area contributed by atoms with E-state index in [0.717, 1.165) is 15.7 Å². The largest absolute Gasteiger partial charge is 0.465 e. The molecule has 0 aliphatic carbocycles. The van der Waals surface area contributed by atoms with Gasteiger partial charge in [0.05, 0.1) is 29.5 Å². The Kier molecular flexibility index (Phi) is 3.39. The Morgan fingerprint density at radius 2 is 2.05 bits per heavy atom. The molecule has 0 unspecified atom stereocenters. The Bertz CT molecular complexity index is 846. The van der Waals surface area contributed by atoms with Crippen LogP contribution in [0.2, 0.25) is 0 Å². The second kappa shape index (κ2) is 5.21. The minimum atomic E-state index is -0.411. The van der Waals surface area contributed by atoms with E-state index in [1.165, 1.54) is 18.4 Å². The number of rotatable bonds is 3. The number of methoxy groups -OCH3 is 1. The van der Waals surface area contributed by atoms with Gasteiger partial charge >= 0.3 is 11.9 Å². The maximum absolute atomic E-state index is 12.1. The molecule has 3 aromatic heterocycles. The zero-order chi connectivity index (χ0) is 15.0. The molecule has 0 aliphatic heterocycles. The fraction of sp³-hybridized carbons (Fsp3) is 0.200. The Morgan fingerprint density at radius 3 is 2.76 bits per heavy atom. The van der Waals surface area contributed by atoms with E-state index in [0.29, 0.717) is 17.0 Å². The predicted octanol–water partition coefficient (Wildman–Crippen LogP) is 3.12. The maximum Gasteiger partial charge on any atom is 0.348 e. The number of fused-ring (bicyclic) bond motifs is 3. The molecule has 0 bridgehead atoms. The zero-order valence-corrected chi connectivity index (χ0v) is 12.4. The molecular formula is C15H13NO4S. The summed E-state index contributed by atoms with van der Waals surface area (Å²) in [4.78, 5) is 24.4. The van der Waals surface area contributed by atoms with Crippen molar-refractivity contribution >= 4 is 39.0 Å². The van der Waals surface area contributed by atoms with Gasteiger partial charge in [0.25, 0.3) is 0 Å². The van der Waals surface area contributed by atoms with Gasteiger partial charge in [-0.2, -0.15) is 0 Å². The Labute approximate surface area is 124 Å². The third-order valence-electron chi connectivity index (χ3n) is 3.18. The summed E-state index contributed by atoms with van der Waals surface area (Å²) < 4.78 is 12.5. The number of carbonyl (C=O) groups excluding carboxylic acids is 2. The van der Waals surface area contributed by atoms with E-state index >= 15 is 0 Å². The molecule has 0 fully saturated rings. The average molecular weight is 303 g/mol. The van der Waals surface area contributed by atoms with Crippen molar-refractivity contribution in [2.24, 2.45) is 0 Å². The van der Waals surface area contributed by atoms with Crippen LogP contribution in [0.4, 0.5) is 0 Å². The van der Waals surface area contributed by atoms with Crippen LogP contribution in [0.5, 0.6) is 0 Å². The Balaban J connectivity index is 2.29. The van der Waals surface area contributed by atoms with Gasteiger partial charge in [0.15, 0.2) is 0 Å². The highest BCUT2D eigenvalue weighted by molar-refractivity contribution is 7.21. The van der Waals surface area contributed by atoms with Crippen LogP contribution in [-0.4, -0.2) is 30.1 Å². The molecule has 21 heavy (non-hydrogen) atoms. The van der Waals surface area contributed by atoms with Gasteiger partial charge in [-0.05, 0) is 25.1 Å². The minimum Gasteiger partial charge on any atom is -0.465 e. The van der Waals surface area contributed by atoms with Crippen LogP contribution in [0.1, 0.15) is 27.0 Å². The van der Waals surface area contributed by atoms with Crippen LogP contribution in [0.3, 0.4) is 0 Å². The van der Waals surface area contributed by atoms with Crippen LogP contribution in [0.25, 0.3) is 15.7 Å². The number of nitrogens with zero attached hydrogens (tertiary/aromatic N) is 1. The molecule has 0 saturated carbocycles. The standard InChI is InChI=1S/C15H13NO4S/c1-3-20-14(17)11-8-10-13(21-11)12(15(18)19-2)9-6-4-5-7-16(9)10/h4-8H,3H2,1-2H3. The smallest absolute Gasteiger partial charge is 0.348 e. The molecule has 5 nitrogen and oxygen atoms in total. The maximum atomic E-state index is 12.1. The van der Waals surface area contributed by atoms with Gasteiger partial charge in [0.2, 0.25) is 0 Å². The molecule has 0 spiro atoms. The lowest BCUT2D eigenvalue weighted by Crippen LogP contribution is -2.02. The van der Waals surface area contributed by atoms with Crippen LogP contribution in [0, 0.1) is 0 Å². The summed E-state index contributed by atoms with van der Waals surface area (Å²) >= 11 is 1.25. The highest BCUT2D eigenvalue weighted by atomic mass is 32.1. The van der Waals surface area contributed by atoms with E-state index in [1.54, 1.807) is 13.0 Å². The molecular weight excluding hydrogens is 290 g/mol. The summed E-state index contributed by atoms with van der Waals surface area (Å²) in [6.07, 6.45) is 1.85. The number of esters is 2. The van der Waals surface area contributed by atoms with E-state index in [4.69, 9.17) is 9.47 Å². The second-order valence-electron chi connectivity index (χ2n) is 4.37. The lowest BCUT2D eigenvalue weighted by molar-refractivity contribution is 0.0531. The fourth-order valence-electron chi connectivity index (χ4n) is 2.31. The zero-order valence-electron chi connectivity index (χ0n) is 11.6. The van der Waals surface area contributed by atoms with Crippen LogP contribution < -0.4 is 0 Å². The molecule has 0 aliphatic rings. The van der Waals surface area contributed by atoms with Crippen molar-refractivity contribution in [3.8, 4) is 0 Å². The lowest BCUT2D eigenvalue weighted by Gasteiger charge is -2.00. The first-order valence-electron chi connectivity index (χ1n) is 6.45. The molecule has 3 aromatic rings. The van der Waals surface area contributed by atoms with Crippen molar-refractivity contribution in [1.29, 1.82) is 0 Å². The molecule has 0 radical (unpaired) electrons. The first-order chi connectivity index (χ1) is 10.2. The van der Waals surface area contributed by atoms with Crippen molar-refractivity contribution < 1.29 is 19.1 Å². The van der Waals surface area contributed by atoms with Gasteiger partial charge < -0.3 is 13.9 Å². The number of hydrogen-bond acceptors (Lipinski definition) is 5. The third-order valence-corrected chi connectivity index (χ3v) is 4.30. The SMILES string of the molecule is CCOC(=O)c1cc2c(s1)c(C(=O)OC)c1ccccn12. The van der Waals surface area contributed by atoms with Crippen molar-refractivity contribution in [2.75, 3.05) is 13.7 Å². The summed E-state index contributed by atoms with van der Waals surface area (Å²) in [5.41, 5.74) is 2.05. The van der Waals surface area contributed by atoms with Crippen molar-refractivity contribution in [3.05, 3.63) is 40.9 Å². The average Bonchev–Trinajstić information content (AvgIpc) is 3.03. The molecule has 3 rings (SSSR count). The Hall–Kier alpha value is -2.34. The molecule has 0 amide bonds. The molecule has 3 heterocycles. The predicted molar refractivity (Wildman–Crippen MR) is 80.1 cm³/mol. The quantitative estimate of drug-likeness (QED) is 0.698. The normalized spacial score (nSPS) is 11.0. The third kappa shape index (κ3) is 2.08. The molecule has 6 heteroatoms. The van der Waals surface area contributed by atoms with Gasteiger partial charge in [-0.1, -0.05) is 6.07 Å². The summed E-state index contributed by atoms with van der Waals surface area (Å²) in [5, 5.41) is 0. The molecule has 0 N–H and O–H groups in total. The molecule has 0 atom stereocenters. The molecule has 108 valence electrons. The number of hydrogen-bond donors (Lipinski definition) is 0. The number of ether oxygens (including phenoxy) is 2. The van der Waals surface area contributed by atoms with Gasteiger partial charge in [-0.15, -0.1) is 11.3 Å². The van der Waals surface area contributed by atoms with Crippen LogP contribution >= 0.6 is 11.3 Å². The lowest BCUT2D eigenvalue weighted by atomic mass is 10.2. The molecule has 0 aromatic carbocycles. The van der Waals surface area contributed by atoms with Gasteiger partial charge in [0.1, 0.15) is 10.4 Å². The fourth-order valence-corrected chi connectivity index (χ4v) is 3.40. The van der Waals surface area contributed by atoms with Crippen molar-refractivity contribution in [2.45, 2.75) is 6.92 Å². The first kappa shape index (κ1) is 13.6. The van der Waals surface area contributed by atoms with Crippen LogP contribution in [0.15, 0.2) is 30.5 Å². The minimum absolute atomic E-state index is 0.318. The summed E-state index contributed by atoms with van der Waals surface area (Å²) in [6, 6.07) is 7.33. The number of carbonyl (C=O) groups is 2. The summed E-state index contributed by atoms with van der Waals surface area (Å²) in [6.45, 7) is 2.08. The summed E-state index contributed by atoms with van der Waals surface area (Å²) in [5.74, 6) is -0.787. The second-order valence-corrected chi connectivity index (χ2v) is 5.42. The van der Waals surface area contributed by atoms with Crippen molar-refractivity contribution in [1.82, 2.24) is 4.40 Å². The summed E-state index contributed by atoms with van der Waals surface area (Å²) in [7, 11) is 1.35. The van der Waals surface area contributed by atoms with E-state index in [2.05, 4.69) is 0 Å². The highest BCUT2D eigenvalue weighted by Gasteiger charge is 2.23. The highest BCUT2D eigenvalue weighted by Crippen LogP contribution is 2.34. The van der Waals surface area contributed by atoms with Crippen LogP contribution in [-0.2, 0) is 9.47 Å². The van der Waals surface area contributed by atoms with E-state index in [-0.39, 0.29) is 5.97 Å². The van der Waals surface area contributed by atoms with Gasteiger partial charge in [-0.3, -0.25) is 0 Å². The number of pyridine rings is 1. The van der Waals surface area contributed by atoms with Gasteiger partial charge in [0, 0.05) is 6.20 Å². The topological polar surface area (TPSA) is 57.0 Å². The Morgan fingerprint density at radius 1 is 1.24 bits per heavy atom. The molecule has 0 saturated heterocycles.